The molecule has 0 saturated carbocycles. The largest absolute Gasteiger partial charge is 1.00 e. The van der Waals surface area contributed by atoms with Gasteiger partial charge in [0.05, 0.1) is 9.79 Å². The van der Waals surface area contributed by atoms with E-state index in [0.29, 0.717) is 0 Å². The molecule has 2 aromatic rings. The monoisotopic (exact) mass is 364 g/mol. The summed E-state index contributed by atoms with van der Waals surface area (Å²) in [5.74, 6) is 0. The van der Waals surface area contributed by atoms with Gasteiger partial charge in [0.1, 0.15) is 20.2 Å². The molecule has 0 amide bonds. The first-order chi connectivity index (χ1) is 8.21. The third kappa shape index (κ3) is 4.89. The molecule has 6 nitrogen and oxygen atoms in total. The molecule has 96 valence electrons. The molecule has 0 N–H and O–H groups in total. The van der Waals surface area contributed by atoms with Crippen LogP contribution in [-0.2, 0) is 20.2 Å². The zero-order valence-corrected chi connectivity index (χ0v) is 18.6. The van der Waals surface area contributed by atoms with Crippen molar-refractivity contribution in [3.8, 4) is 0 Å². The molecule has 2 rings (SSSR count). The molecule has 0 atom stereocenters. The molecule has 0 radical (unpaired) electrons. The second-order valence-corrected chi connectivity index (χ2v) is 6.21. The van der Waals surface area contributed by atoms with Crippen LogP contribution >= 0.6 is 0 Å². The van der Waals surface area contributed by atoms with Crippen LogP contribution in [0.4, 0.5) is 0 Å². The molecule has 0 heterocycles. The van der Waals surface area contributed by atoms with Gasteiger partial charge in [-0.3, -0.25) is 0 Å². The minimum atomic E-state index is -4.74. The van der Waals surface area contributed by atoms with Gasteiger partial charge in [-0.25, -0.2) is 16.8 Å². The molecule has 10 heteroatoms. The van der Waals surface area contributed by atoms with E-state index in [-0.39, 0.29) is 114 Å². The molecule has 20 heavy (non-hydrogen) atoms. The van der Waals surface area contributed by atoms with Crippen LogP contribution in [-0.4, -0.2) is 25.9 Å². The van der Waals surface area contributed by atoms with Gasteiger partial charge in [0, 0.05) is 10.8 Å². The molecule has 0 spiro atoms. The molecule has 0 bridgehead atoms. The van der Waals surface area contributed by atoms with Gasteiger partial charge in [0.2, 0.25) is 0 Å². The number of hydrogen-bond donors (Lipinski definition) is 0. The van der Waals surface area contributed by atoms with Crippen LogP contribution in [0.5, 0.6) is 0 Å². The first-order valence-electron chi connectivity index (χ1n) is 4.65. The topological polar surface area (TPSA) is 114 Å². The normalized spacial score (nSPS) is 11.5. The van der Waals surface area contributed by atoms with Crippen molar-refractivity contribution in [1.82, 2.24) is 0 Å². The van der Waals surface area contributed by atoms with Gasteiger partial charge >= 0.3 is 103 Å². The van der Waals surface area contributed by atoms with Crippen LogP contribution in [0.3, 0.4) is 0 Å². The molecule has 0 aliphatic heterocycles. The van der Waals surface area contributed by atoms with Crippen LogP contribution in [0.1, 0.15) is 0 Å². The Hall–Kier alpha value is 1.79. The smallest absolute Gasteiger partial charge is 0.744 e. The summed E-state index contributed by atoms with van der Waals surface area (Å²) < 4.78 is 66.1. The number of hydrogen-bond acceptors (Lipinski definition) is 6. The zero-order chi connectivity index (χ0) is 13.6. The van der Waals surface area contributed by atoms with Gasteiger partial charge in [-0.15, -0.1) is 0 Å². The van der Waals surface area contributed by atoms with E-state index in [1.807, 2.05) is 0 Å². The average Bonchev–Trinajstić information content (AvgIpc) is 2.24. The van der Waals surface area contributed by atoms with Crippen molar-refractivity contribution in [2.75, 3.05) is 0 Å². The third-order valence-corrected chi connectivity index (χ3v) is 4.17. The minimum absolute atomic E-state index is 0. The summed E-state index contributed by atoms with van der Waals surface area (Å²) in [6, 6.07) is 7.09. The standard InChI is InChI=1S/C10H8O6S2.2K/c11-17(12,13)9-5-6-10(18(14,15)16)8-4-2-1-3-7(8)9;;/h1-6H,(H,11,12,13)(H,14,15,16);;/q;2*+1/p-2. The van der Waals surface area contributed by atoms with Gasteiger partial charge < -0.3 is 9.11 Å². The molecule has 0 saturated heterocycles. The average molecular weight is 364 g/mol. The first kappa shape index (κ1) is 21.8. The summed E-state index contributed by atoms with van der Waals surface area (Å²) >= 11 is 0. The Morgan fingerprint density at radius 3 is 1.20 bits per heavy atom. The van der Waals surface area contributed by atoms with Crippen LogP contribution < -0.4 is 103 Å². The Kier molecular flexibility index (Phi) is 8.78. The van der Waals surface area contributed by atoms with Crippen molar-refractivity contribution < 1.29 is 129 Å². The van der Waals surface area contributed by atoms with E-state index < -0.39 is 30.0 Å². The molecule has 0 aliphatic carbocycles. The Labute approximate surface area is 201 Å². The van der Waals surface area contributed by atoms with Crippen molar-refractivity contribution in [2.45, 2.75) is 9.79 Å². The van der Waals surface area contributed by atoms with Gasteiger partial charge in [-0.1, -0.05) is 24.3 Å². The molecule has 0 unspecified atom stereocenters. The maximum atomic E-state index is 11.0. The number of rotatable bonds is 2. The van der Waals surface area contributed by atoms with Crippen molar-refractivity contribution in [3.63, 3.8) is 0 Å². The van der Waals surface area contributed by atoms with Gasteiger partial charge in [-0.2, -0.15) is 0 Å². The van der Waals surface area contributed by atoms with Crippen LogP contribution in [0.25, 0.3) is 10.8 Å². The summed E-state index contributed by atoms with van der Waals surface area (Å²) in [7, 11) is -9.48. The first-order valence-corrected chi connectivity index (χ1v) is 7.46. The van der Waals surface area contributed by atoms with E-state index in [1.165, 1.54) is 24.3 Å². The van der Waals surface area contributed by atoms with E-state index in [1.54, 1.807) is 0 Å². The van der Waals surface area contributed by atoms with Crippen LogP contribution in [0.15, 0.2) is 46.2 Å². The van der Waals surface area contributed by atoms with Gasteiger partial charge in [0.15, 0.2) is 0 Å². The maximum absolute atomic E-state index is 11.0. The van der Waals surface area contributed by atoms with E-state index in [9.17, 15) is 25.9 Å². The molecule has 2 aromatic carbocycles. The van der Waals surface area contributed by atoms with Crippen LogP contribution in [0.2, 0.25) is 0 Å². The van der Waals surface area contributed by atoms with E-state index in [0.717, 1.165) is 12.1 Å². The molecule has 0 aliphatic rings. The fourth-order valence-electron chi connectivity index (χ4n) is 1.68. The molecular formula is C10H6K2O6S2. The quantitative estimate of drug-likeness (QED) is 0.388. The Bertz CT molecular complexity index is 759. The van der Waals surface area contributed by atoms with E-state index in [4.69, 9.17) is 0 Å². The van der Waals surface area contributed by atoms with Crippen LogP contribution in [0, 0.1) is 0 Å². The Morgan fingerprint density at radius 1 is 0.650 bits per heavy atom. The van der Waals surface area contributed by atoms with Gasteiger partial charge in [-0.05, 0) is 12.1 Å². The summed E-state index contributed by atoms with van der Waals surface area (Å²) in [4.78, 5) is -1.10. The number of fused-ring (bicyclic) bond motifs is 1. The molecule has 0 aromatic heterocycles. The zero-order valence-electron chi connectivity index (χ0n) is 10.7. The van der Waals surface area contributed by atoms with Crippen molar-refractivity contribution in [1.29, 1.82) is 0 Å². The predicted molar refractivity (Wildman–Crippen MR) is 59.9 cm³/mol. The second-order valence-electron chi connectivity index (χ2n) is 3.52. The maximum Gasteiger partial charge on any atom is 1.00 e. The fraction of sp³-hybridized carbons (Fsp3) is 0. The number of benzene rings is 2. The Morgan fingerprint density at radius 2 is 0.950 bits per heavy atom. The summed E-state index contributed by atoms with van der Waals surface area (Å²) in [6.07, 6.45) is 0. The summed E-state index contributed by atoms with van der Waals surface area (Å²) in [6.45, 7) is 0. The van der Waals surface area contributed by atoms with E-state index in [2.05, 4.69) is 0 Å². The van der Waals surface area contributed by atoms with E-state index >= 15 is 0 Å². The fourth-order valence-corrected chi connectivity index (χ4v) is 3.04. The third-order valence-electron chi connectivity index (χ3n) is 2.38. The molecular weight excluding hydrogens is 358 g/mol. The predicted octanol–water partition coefficient (Wildman–Crippen LogP) is -5.34. The van der Waals surface area contributed by atoms with Crippen molar-refractivity contribution in [2.24, 2.45) is 0 Å². The Balaban J connectivity index is 0.00000180. The van der Waals surface area contributed by atoms with Gasteiger partial charge in [0.25, 0.3) is 0 Å². The summed E-state index contributed by atoms with van der Waals surface area (Å²) in [5.41, 5.74) is 0. The SMILES string of the molecule is O=S(=O)([O-])c1ccc(S(=O)(=O)[O-])c2ccccc12.[K+].[K+]. The molecule has 0 fully saturated rings. The minimum Gasteiger partial charge on any atom is -0.744 e. The van der Waals surface area contributed by atoms with Crippen molar-refractivity contribution >= 4 is 31.0 Å². The van der Waals surface area contributed by atoms with Crippen molar-refractivity contribution in [3.05, 3.63) is 36.4 Å². The summed E-state index contributed by atoms with van der Waals surface area (Å²) in [5, 5.41) is -0.158. The second kappa shape index (κ2) is 8.06.